The van der Waals surface area contributed by atoms with Crippen LogP contribution >= 0.6 is 15.9 Å². The number of rotatable bonds is 8. The van der Waals surface area contributed by atoms with E-state index in [0.717, 1.165) is 34.0 Å². The Hall–Kier alpha value is -2.96. The summed E-state index contributed by atoms with van der Waals surface area (Å²) in [5.41, 5.74) is 10.2. The Morgan fingerprint density at radius 3 is 2.28 bits per heavy atom. The molecule has 0 atom stereocenters. The summed E-state index contributed by atoms with van der Waals surface area (Å²) in [6, 6.07) is 23.1. The SMILES string of the molecule is NCc1cccc(CN(Cc2ccc(NC(=O)c3ccccc3Br)cc2)C(=O)C2CC2)c1. The number of nitrogens with zero attached hydrogens (tertiary/aromatic N) is 1. The fraction of sp³-hybridized carbons (Fsp3) is 0.231. The molecule has 1 fully saturated rings. The van der Waals surface area contributed by atoms with Crippen molar-refractivity contribution >= 4 is 33.4 Å². The number of carbonyl (C=O) groups is 2. The minimum Gasteiger partial charge on any atom is -0.334 e. The number of hydrogen-bond donors (Lipinski definition) is 2. The lowest BCUT2D eigenvalue weighted by atomic mass is 10.1. The molecule has 0 bridgehead atoms. The van der Waals surface area contributed by atoms with Crippen molar-refractivity contribution in [1.29, 1.82) is 0 Å². The molecule has 5 nitrogen and oxygen atoms in total. The van der Waals surface area contributed by atoms with Crippen LogP contribution in [0.4, 0.5) is 5.69 Å². The fourth-order valence-electron chi connectivity index (χ4n) is 3.63. The molecule has 3 aromatic carbocycles. The summed E-state index contributed by atoms with van der Waals surface area (Å²) < 4.78 is 0.752. The van der Waals surface area contributed by atoms with Crippen LogP contribution in [0.5, 0.6) is 0 Å². The maximum Gasteiger partial charge on any atom is 0.256 e. The lowest BCUT2D eigenvalue weighted by Crippen LogP contribution is -2.31. The van der Waals surface area contributed by atoms with Gasteiger partial charge >= 0.3 is 0 Å². The number of anilines is 1. The van der Waals surface area contributed by atoms with Gasteiger partial charge in [-0.3, -0.25) is 9.59 Å². The average Bonchev–Trinajstić information content (AvgIpc) is 3.65. The molecule has 1 saturated carbocycles. The van der Waals surface area contributed by atoms with Crippen molar-refractivity contribution in [2.75, 3.05) is 5.32 Å². The van der Waals surface area contributed by atoms with E-state index < -0.39 is 0 Å². The highest BCUT2D eigenvalue weighted by atomic mass is 79.9. The van der Waals surface area contributed by atoms with Crippen molar-refractivity contribution in [3.8, 4) is 0 Å². The van der Waals surface area contributed by atoms with Crippen molar-refractivity contribution < 1.29 is 9.59 Å². The first-order valence-electron chi connectivity index (χ1n) is 10.7. The van der Waals surface area contributed by atoms with E-state index in [-0.39, 0.29) is 17.7 Å². The highest BCUT2D eigenvalue weighted by Gasteiger charge is 2.33. The van der Waals surface area contributed by atoms with Gasteiger partial charge in [-0.1, -0.05) is 48.5 Å². The predicted octanol–water partition coefficient (Wildman–Crippen LogP) is 5.10. The number of amides is 2. The van der Waals surface area contributed by atoms with Gasteiger partial charge in [-0.15, -0.1) is 0 Å². The summed E-state index contributed by atoms with van der Waals surface area (Å²) in [5, 5.41) is 2.92. The van der Waals surface area contributed by atoms with Crippen LogP contribution in [0.2, 0.25) is 0 Å². The Balaban J connectivity index is 1.44. The summed E-state index contributed by atoms with van der Waals surface area (Å²) in [5.74, 6) is 0.181. The number of halogens is 1. The van der Waals surface area contributed by atoms with E-state index in [4.69, 9.17) is 5.73 Å². The van der Waals surface area contributed by atoms with Crippen LogP contribution in [0.15, 0.2) is 77.3 Å². The molecule has 0 heterocycles. The number of nitrogens with one attached hydrogen (secondary N) is 1. The summed E-state index contributed by atoms with van der Waals surface area (Å²) in [7, 11) is 0. The number of hydrogen-bond acceptors (Lipinski definition) is 3. The smallest absolute Gasteiger partial charge is 0.256 e. The van der Waals surface area contributed by atoms with E-state index in [0.29, 0.717) is 30.9 Å². The molecule has 0 radical (unpaired) electrons. The molecule has 3 N–H and O–H groups in total. The second-order valence-corrected chi connectivity index (χ2v) is 8.98. The third-order valence-electron chi connectivity index (χ3n) is 5.54. The lowest BCUT2D eigenvalue weighted by molar-refractivity contribution is -0.133. The highest BCUT2D eigenvalue weighted by molar-refractivity contribution is 9.10. The quantitative estimate of drug-likeness (QED) is 0.460. The van der Waals surface area contributed by atoms with Crippen molar-refractivity contribution in [1.82, 2.24) is 4.90 Å². The lowest BCUT2D eigenvalue weighted by Gasteiger charge is -2.23. The normalized spacial score (nSPS) is 12.9. The molecular weight excluding hydrogens is 466 g/mol. The van der Waals surface area contributed by atoms with E-state index in [1.807, 2.05) is 65.6 Å². The van der Waals surface area contributed by atoms with Gasteiger partial charge in [-0.25, -0.2) is 0 Å². The Morgan fingerprint density at radius 2 is 1.59 bits per heavy atom. The van der Waals surface area contributed by atoms with Gasteiger partial charge in [0.05, 0.1) is 5.56 Å². The predicted molar refractivity (Wildman–Crippen MR) is 130 cm³/mol. The Kier molecular flexibility index (Phi) is 7.02. The Labute approximate surface area is 196 Å². The van der Waals surface area contributed by atoms with Crippen molar-refractivity contribution in [2.45, 2.75) is 32.5 Å². The molecule has 164 valence electrons. The van der Waals surface area contributed by atoms with Crippen LogP contribution in [-0.2, 0) is 24.4 Å². The zero-order chi connectivity index (χ0) is 22.5. The minimum absolute atomic E-state index is 0.149. The summed E-state index contributed by atoms with van der Waals surface area (Å²) in [4.78, 5) is 27.3. The summed E-state index contributed by atoms with van der Waals surface area (Å²) in [6.45, 7) is 1.57. The van der Waals surface area contributed by atoms with Gasteiger partial charge in [0.1, 0.15) is 0 Å². The van der Waals surface area contributed by atoms with E-state index in [1.165, 1.54) is 0 Å². The second kappa shape index (κ2) is 10.1. The van der Waals surface area contributed by atoms with Crippen LogP contribution in [0, 0.1) is 5.92 Å². The average molecular weight is 492 g/mol. The molecule has 1 aliphatic carbocycles. The van der Waals surface area contributed by atoms with Crippen LogP contribution < -0.4 is 11.1 Å². The first-order chi connectivity index (χ1) is 15.5. The van der Waals surface area contributed by atoms with Gasteiger partial charge in [-0.05, 0) is 69.7 Å². The van der Waals surface area contributed by atoms with Crippen molar-refractivity contribution in [2.24, 2.45) is 11.7 Å². The molecule has 2 amide bonds. The van der Waals surface area contributed by atoms with Gasteiger partial charge < -0.3 is 16.0 Å². The summed E-state index contributed by atoms with van der Waals surface area (Å²) in [6.07, 6.45) is 1.94. The highest BCUT2D eigenvalue weighted by Crippen LogP contribution is 2.32. The van der Waals surface area contributed by atoms with Crippen LogP contribution in [-0.4, -0.2) is 16.7 Å². The molecule has 32 heavy (non-hydrogen) atoms. The third-order valence-corrected chi connectivity index (χ3v) is 6.23. The molecule has 0 aliphatic heterocycles. The first-order valence-corrected chi connectivity index (χ1v) is 11.5. The zero-order valence-electron chi connectivity index (χ0n) is 17.8. The molecule has 0 aromatic heterocycles. The topological polar surface area (TPSA) is 75.4 Å². The van der Waals surface area contributed by atoms with Gasteiger partial charge in [0.15, 0.2) is 0 Å². The Bertz CT molecular complexity index is 1110. The molecule has 0 unspecified atom stereocenters. The van der Waals surface area contributed by atoms with Gasteiger partial charge in [0, 0.05) is 35.7 Å². The van der Waals surface area contributed by atoms with Gasteiger partial charge in [0.25, 0.3) is 5.91 Å². The largest absolute Gasteiger partial charge is 0.334 e. The van der Waals surface area contributed by atoms with Crippen LogP contribution in [0.1, 0.15) is 39.9 Å². The fourth-order valence-corrected chi connectivity index (χ4v) is 4.10. The molecule has 1 aliphatic rings. The maximum atomic E-state index is 12.9. The van der Waals surface area contributed by atoms with E-state index in [9.17, 15) is 9.59 Å². The standard InChI is InChI=1S/C26H26BrN3O2/c27-24-7-2-1-6-23(24)25(31)29-22-12-8-18(9-13-22)16-30(26(32)21-10-11-21)17-20-5-3-4-19(14-20)15-28/h1-9,12-14,21H,10-11,15-17,28H2,(H,29,31). The molecule has 3 aromatic rings. The molecule has 0 spiro atoms. The number of benzene rings is 3. The summed E-state index contributed by atoms with van der Waals surface area (Å²) >= 11 is 3.41. The Morgan fingerprint density at radius 1 is 0.906 bits per heavy atom. The minimum atomic E-state index is -0.171. The third kappa shape index (κ3) is 5.64. The van der Waals surface area contributed by atoms with Crippen molar-refractivity contribution in [3.05, 3.63) is 99.5 Å². The number of nitrogens with two attached hydrogens (primary N) is 1. The first kappa shape index (κ1) is 22.2. The van der Waals surface area contributed by atoms with E-state index in [2.05, 4.69) is 27.3 Å². The zero-order valence-corrected chi connectivity index (χ0v) is 19.3. The van der Waals surface area contributed by atoms with Gasteiger partial charge in [0.2, 0.25) is 5.91 Å². The monoisotopic (exact) mass is 491 g/mol. The van der Waals surface area contributed by atoms with Crippen LogP contribution in [0.25, 0.3) is 0 Å². The maximum absolute atomic E-state index is 12.9. The molecule has 4 rings (SSSR count). The number of carbonyl (C=O) groups excluding carboxylic acids is 2. The molecule has 0 saturated heterocycles. The van der Waals surface area contributed by atoms with Crippen LogP contribution in [0.3, 0.4) is 0 Å². The van der Waals surface area contributed by atoms with E-state index in [1.54, 1.807) is 6.07 Å². The molecule has 6 heteroatoms. The van der Waals surface area contributed by atoms with E-state index >= 15 is 0 Å². The van der Waals surface area contributed by atoms with Gasteiger partial charge in [-0.2, -0.15) is 0 Å². The molecular formula is C26H26BrN3O2. The van der Waals surface area contributed by atoms with Crippen molar-refractivity contribution in [3.63, 3.8) is 0 Å². The second-order valence-electron chi connectivity index (χ2n) is 8.12.